The summed E-state index contributed by atoms with van der Waals surface area (Å²) in [6, 6.07) is 26.9. The number of esters is 2. The Morgan fingerprint density at radius 1 is 0.722 bits per heavy atom. The van der Waals surface area contributed by atoms with Crippen LogP contribution < -0.4 is 10.1 Å². The fourth-order valence-corrected chi connectivity index (χ4v) is 3.44. The third kappa shape index (κ3) is 6.15. The molecule has 1 amide bonds. The summed E-state index contributed by atoms with van der Waals surface area (Å²) in [5.74, 6) is -0.594. The summed E-state index contributed by atoms with van der Waals surface area (Å²) < 4.78 is 10.1. The quantitative estimate of drug-likeness (QED) is 0.276. The van der Waals surface area contributed by atoms with Crippen LogP contribution in [0.3, 0.4) is 0 Å². The van der Waals surface area contributed by atoms with Crippen molar-refractivity contribution in [2.75, 3.05) is 12.4 Å². The summed E-state index contributed by atoms with van der Waals surface area (Å²) >= 11 is 0. The predicted octanol–water partition coefficient (Wildman–Crippen LogP) is 5.25. The molecule has 7 nitrogen and oxygen atoms in total. The van der Waals surface area contributed by atoms with E-state index in [1.54, 1.807) is 84.9 Å². The third-order valence-corrected chi connectivity index (χ3v) is 5.44. The molecule has 2 N–H and O–H groups in total. The molecule has 0 aromatic heterocycles. The largest absolute Gasteiger partial charge is 0.508 e. The maximum absolute atomic E-state index is 12.5. The van der Waals surface area contributed by atoms with Gasteiger partial charge in [0.15, 0.2) is 0 Å². The molecule has 4 aromatic carbocycles. The van der Waals surface area contributed by atoms with Crippen LogP contribution in [-0.4, -0.2) is 30.1 Å². The summed E-state index contributed by atoms with van der Waals surface area (Å²) in [5.41, 5.74) is 3.89. The monoisotopic (exact) mass is 481 g/mol. The molecule has 0 spiro atoms. The van der Waals surface area contributed by atoms with Gasteiger partial charge in [-0.15, -0.1) is 0 Å². The number of nitrogens with one attached hydrogen (secondary N) is 1. The van der Waals surface area contributed by atoms with Crippen LogP contribution in [0.15, 0.2) is 97.1 Å². The summed E-state index contributed by atoms with van der Waals surface area (Å²) in [7, 11) is 1.33. The maximum atomic E-state index is 12.5. The van der Waals surface area contributed by atoms with Gasteiger partial charge in [-0.25, -0.2) is 4.79 Å². The van der Waals surface area contributed by atoms with Gasteiger partial charge in [0.05, 0.1) is 19.1 Å². The van der Waals surface area contributed by atoms with Crippen molar-refractivity contribution in [3.63, 3.8) is 0 Å². The smallest absolute Gasteiger partial charge is 0.343 e. The van der Waals surface area contributed by atoms with Crippen LogP contribution in [-0.2, 0) is 16.0 Å². The van der Waals surface area contributed by atoms with Crippen LogP contribution in [0.5, 0.6) is 11.5 Å². The molecule has 0 fully saturated rings. The summed E-state index contributed by atoms with van der Waals surface area (Å²) in [6.45, 7) is 0. The van der Waals surface area contributed by atoms with Crippen LogP contribution in [0, 0.1) is 0 Å². The SMILES string of the molecule is COC(=O)Cc1ccc(C(=O)Nc2ccc(C(=O)Oc3ccc(-c4ccc(O)cc4)cc3)cc2)cc1. The Balaban J connectivity index is 1.33. The minimum atomic E-state index is -0.522. The number of phenolic OH excluding ortho intramolecular Hbond substituents is 1. The Hall–Kier alpha value is -4.91. The highest BCUT2D eigenvalue weighted by Crippen LogP contribution is 2.24. The van der Waals surface area contributed by atoms with Crippen molar-refractivity contribution >= 4 is 23.5 Å². The highest BCUT2D eigenvalue weighted by molar-refractivity contribution is 6.04. The van der Waals surface area contributed by atoms with E-state index in [0.717, 1.165) is 16.7 Å². The summed E-state index contributed by atoms with van der Waals surface area (Å²) in [5, 5.41) is 12.2. The van der Waals surface area contributed by atoms with Crippen LogP contribution in [0.2, 0.25) is 0 Å². The average molecular weight is 482 g/mol. The summed E-state index contributed by atoms with van der Waals surface area (Å²) in [6.07, 6.45) is 0.137. The summed E-state index contributed by atoms with van der Waals surface area (Å²) in [4.78, 5) is 36.4. The zero-order valence-electron chi connectivity index (χ0n) is 19.4. The Morgan fingerprint density at radius 2 is 1.28 bits per heavy atom. The van der Waals surface area contributed by atoms with E-state index in [-0.39, 0.29) is 24.0 Å². The Bertz CT molecular complexity index is 1360. The van der Waals surface area contributed by atoms with Gasteiger partial charge in [0.1, 0.15) is 11.5 Å². The molecular weight excluding hydrogens is 458 g/mol. The van der Waals surface area contributed by atoms with E-state index in [1.165, 1.54) is 7.11 Å². The van der Waals surface area contributed by atoms with Crippen molar-refractivity contribution in [1.82, 2.24) is 0 Å². The number of methoxy groups -OCH3 is 1. The molecule has 0 heterocycles. The van der Waals surface area contributed by atoms with Gasteiger partial charge in [0, 0.05) is 11.3 Å². The first kappa shape index (κ1) is 24.2. The average Bonchev–Trinajstić information content (AvgIpc) is 2.90. The van der Waals surface area contributed by atoms with E-state index < -0.39 is 5.97 Å². The van der Waals surface area contributed by atoms with Gasteiger partial charge in [0.2, 0.25) is 0 Å². The van der Waals surface area contributed by atoms with E-state index in [1.807, 2.05) is 12.1 Å². The predicted molar refractivity (Wildman–Crippen MR) is 135 cm³/mol. The zero-order chi connectivity index (χ0) is 25.5. The molecule has 0 radical (unpaired) electrons. The molecule has 0 aliphatic rings. The molecule has 4 rings (SSSR count). The second-order valence-corrected chi connectivity index (χ2v) is 7.94. The van der Waals surface area contributed by atoms with Crippen LogP contribution in [0.25, 0.3) is 11.1 Å². The molecule has 36 heavy (non-hydrogen) atoms. The number of hydrogen-bond donors (Lipinski definition) is 2. The first-order valence-electron chi connectivity index (χ1n) is 11.1. The van der Waals surface area contributed by atoms with Gasteiger partial charge in [0.25, 0.3) is 5.91 Å². The number of amides is 1. The highest BCUT2D eigenvalue weighted by Gasteiger charge is 2.11. The van der Waals surface area contributed by atoms with Crippen LogP contribution in [0.4, 0.5) is 5.69 Å². The van der Waals surface area contributed by atoms with E-state index in [9.17, 15) is 19.5 Å². The molecular formula is C29H23NO6. The molecule has 0 aliphatic heterocycles. The molecule has 0 saturated carbocycles. The molecule has 0 aliphatic carbocycles. The Labute approximate surface area is 207 Å². The molecule has 0 bridgehead atoms. The molecule has 0 unspecified atom stereocenters. The van der Waals surface area contributed by atoms with Crippen molar-refractivity contribution in [2.45, 2.75) is 6.42 Å². The third-order valence-electron chi connectivity index (χ3n) is 5.44. The van der Waals surface area contributed by atoms with Gasteiger partial charge < -0.3 is 19.9 Å². The van der Waals surface area contributed by atoms with E-state index in [0.29, 0.717) is 22.6 Å². The second-order valence-electron chi connectivity index (χ2n) is 7.94. The molecule has 0 saturated heterocycles. The molecule has 0 atom stereocenters. The standard InChI is InChI=1S/C29H23NO6/c1-35-27(32)18-19-2-4-22(5-3-19)28(33)30-24-12-6-23(7-13-24)29(34)36-26-16-10-21(11-17-26)20-8-14-25(31)15-9-20/h2-17,31H,18H2,1H3,(H,30,33). The van der Waals surface area contributed by atoms with Gasteiger partial charge in [-0.05, 0) is 77.4 Å². The minimum absolute atomic E-state index is 0.137. The number of anilines is 1. The van der Waals surface area contributed by atoms with E-state index in [2.05, 4.69) is 10.1 Å². The van der Waals surface area contributed by atoms with E-state index >= 15 is 0 Å². The minimum Gasteiger partial charge on any atom is -0.508 e. The lowest BCUT2D eigenvalue weighted by Gasteiger charge is -2.08. The van der Waals surface area contributed by atoms with Gasteiger partial charge in [-0.2, -0.15) is 0 Å². The number of carbonyl (C=O) groups is 3. The van der Waals surface area contributed by atoms with E-state index in [4.69, 9.17) is 4.74 Å². The number of benzene rings is 4. The van der Waals surface area contributed by atoms with Crippen molar-refractivity contribution in [3.8, 4) is 22.6 Å². The lowest BCUT2D eigenvalue weighted by atomic mass is 10.1. The first-order chi connectivity index (χ1) is 17.4. The lowest BCUT2D eigenvalue weighted by Crippen LogP contribution is -2.13. The fourth-order valence-electron chi connectivity index (χ4n) is 3.44. The van der Waals surface area contributed by atoms with Crippen LogP contribution >= 0.6 is 0 Å². The zero-order valence-corrected chi connectivity index (χ0v) is 19.4. The Morgan fingerprint density at radius 3 is 1.86 bits per heavy atom. The highest BCUT2D eigenvalue weighted by atomic mass is 16.5. The second kappa shape index (κ2) is 11.0. The van der Waals surface area contributed by atoms with Crippen molar-refractivity contribution in [3.05, 3.63) is 114 Å². The first-order valence-corrected chi connectivity index (χ1v) is 11.1. The molecule has 7 heteroatoms. The number of hydrogen-bond acceptors (Lipinski definition) is 6. The Kier molecular flexibility index (Phi) is 7.41. The number of phenols is 1. The lowest BCUT2D eigenvalue weighted by molar-refractivity contribution is -0.139. The van der Waals surface area contributed by atoms with Crippen molar-refractivity contribution < 1.29 is 29.0 Å². The number of rotatable bonds is 7. The number of carbonyl (C=O) groups excluding carboxylic acids is 3. The van der Waals surface area contributed by atoms with Crippen LogP contribution in [0.1, 0.15) is 26.3 Å². The van der Waals surface area contributed by atoms with Gasteiger partial charge in [-0.3, -0.25) is 9.59 Å². The topological polar surface area (TPSA) is 102 Å². The molecule has 4 aromatic rings. The fraction of sp³-hybridized carbons (Fsp3) is 0.0690. The maximum Gasteiger partial charge on any atom is 0.343 e. The normalized spacial score (nSPS) is 10.4. The van der Waals surface area contributed by atoms with Crippen molar-refractivity contribution in [1.29, 1.82) is 0 Å². The van der Waals surface area contributed by atoms with Crippen molar-refractivity contribution in [2.24, 2.45) is 0 Å². The number of aromatic hydroxyl groups is 1. The van der Waals surface area contributed by atoms with Gasteiger partial charge in [-0.1, -0.05) is 36.4 Å². The number of ether oxygens (including phenoxy) is 2. The van der Waals surface area contributed by atoms with Gasteiger partial charge >= 0.3 is 11.9 Å². The molecule has 180 valence electrons.